The van der Waals surface area contributed by atoms with E-state index in [2.05, 4.69) is 37.6 Å². The summed E-state index contributed by atoms with van der Waals surface area (Å²) < 4.78 is 13.8. The standard InChI is InChI=1S/C7H10O3.C4H6O2.C3H4O2.C2H4/c1-5(2)7(8)10-4-6-3-9-6;1-3-6-4(2)5;1-2-3(4)5;1-2/h6H,1,3-4H2,2H3;3H,1H2,2H3;2H,1H2,(H,4,5);1-2H2. The lowest BCUT2D eigenvalue weighted by atomic mass is 10.4. The van der Waals surface area contributed by atoms with E-state index in [1.807, 2.05) is 0 Å². The highest BCUT2D eigenvalue weighted by Gasteiger charge is 2.24. The van der Waals surface area contributed by atoms with Crippen LogP contribution < -0.4 is 0 Å². The lowest BCUT2D eigenvalue weighted by Gasteiger charge is -1.99. The lowest BCUT2D eigenvalue weighted by molar-refractivity contribution is -0.139. The van der Waals surface area contributed by atoms with Crippen molar-refractivity contribution >= 4 is 17.9 Å². The predicted molar refractivity (Wildman–Crippen MR) is 86.6 cm³/mol. The SMILES string of the molecule is C=C.C=C(C)C(=O)OCC1CO1.C=CC(=O)O.C=COC(C)=O. The number of ether oxygens (including phenoxy) is 3. The van der Waals surface area contributed by atoms with Gasteiger partial charge in [-0.05, 0) is 6.92 Å². The summed E-state index contributed by atoms with van der Waals surface area (Å²) in [7, 11) is 0. The fourth-order valence-corrected chi connectivity index (χ4v) is 0.573. The molecule has 7 heteroatoms. The fraction of sp³-hybridized carbons (Fsp3) is 0.312. The number of epoxide rings is 1. The van der Waals surface area contributed by atoms with E-state index in [0.29, 0.717) is 18.8 Å². The molecule has 0 spiro atoms. The second kappa shape index (κ2) is 17.4. The molecule has 0 aromatic heterocycles. The number of carbonyl (C=O) groups is 3. The molecule has 0 radical (unpaired) electrons. The maximum Gasteiger partial charge on any atom is 0.333 e. The molecule has 1 unspecified atom stereocenters. The Morgan fingerprint density at radius 1 is 1.26 bits per heavy atom. The molecule has 0 saturated carbocycles. The van der Waals surface area contributed by atoms with Crippen molar-refractivity contribution < 1.29 is 33.7 Å². The Morgan fingerprint density at radius 2 is 1.70 bits per heavy atom. The van der Waals surface area contributed by atoms with E-state index in [1.54, 1.807) is 6.92 Å². The largest absolute Gasteiger partial charge is 0.478 e. The molecule has 1 rings (SSSR count). The van der Waals surface area contributed by atoms with Gasteiger partial charge in [0, 0.05) is 18.6 Å². The first kappa shape index (κ1) is 25.3. The number of hydrogen-bond donors (Lipinski definition) is 1. The number of rotatable bonds is 5. The van der Waals surface area contributed by atoms with E-state index in [-0.39, 0.29) is 18.0 Å². The van der Waals surface area contributed by atoms with E-state index in [4.69, 9.17) is 14.6 Å². The first-order valence-corrected chi connectivity index (χ1v) is 6.32. The zero-order chi connectivity index (χ0) is 18.8. The molecule has 0 aromatic rings. The molecule has 130 valence electrons. The highest BCUT2D eigenvalue weighted by atomic mass is 16.6. The molecule has 23 heavy (non-hydrogen) atoms. The maximum absolute atomic E-state index is 10.7. The van der Waals surface area contributed by atoms with Gasteiger partial charge >= 0.3 is 17.9 Å². The average molecular weight is 328 g/mol. The third-order valence-electron chi connectivity index (χ3n) is 1.58. The summed E-state index contributed by atoms with van der Waals surface area (Å²) in [4.78, 5) is 29.7. The van der Waals surface area contributed by atoms with Crippen LogP contribution in [0.5, 0.6) is 0 Å². The Bertz CT molecular complexity index is 409. The molecule has 1 aliphatic heterocycles. The second-order valence-corrected chi connectivity index (χ2v) is 3.65. The van der Waals surface area contributed by atoms with Gasteiger partial charge in [0.25, 0.3) is 0 Å². The summed E-state index contributed by atoms with van der Waals surface area (Å²) in [5, 5.41) is 7.60. The van der Waals surface area contributed by atoms with E-state index in [9.17, 15) is 14.4 Å². The van der Waals surface area contributed by atoms with Crippen LogP contribution in [0.4, 0.5) is 0 Å². The number of carboxylic acids is 1. The normalized spacial score (nSPS) is 12.9. The summed E-state index contributed by atoms with van der Waals surface area (Å²) in [5.74, 6) is -1.65. The van der Waals surface area contributed by atoms with Gasteiger partial charge in [0.1, 0.15) is 12.7 Å². The number of hydrogen-bond acceptors (Lipinski definition) is 6. The van der Waals surface area contributed by atoms with E-state index < -0.39 is 5.97 Å². The van der Waals surface area contributed by atoms with Crippen molar-refractivity contribution in [2.45, 2.75) is 20.0 Å². The van der Waals surface area contributed by atoms with Crippen LogP contribution in [-0.2, 0) is 28.6 Å². The van der Waals surface area contributed by atoms with Crippen LogP contribution in [0.2, 0.25) is 0 Å². The Balaban J connectivity index is -0.000000267. The highest BCUT2D eigenvalue weighted by Crippen LogP contribution is 2.09. The molecular weight excluding hydrogens is 304 g/mol. The van der Waals surface area contributed by atoms with Crippen LogP contribution >= 0.6 is 0 Å². The highest BCUT2D eigenvalue weighted by molar-refractivity contribution is 5.86. The summed E-state index contributed by atoms with van der Waals surface area (Å²) in [6, 6.07) is 0. The van der Waals surface area contributed by atoms with Crippen LogP contribution in [0.1, 0.15) is 13.8 Å². The van der Waals surface area contributed by atoms with Crippen LogP contribution in [0.15, 0.2) is 50.8 Å². The predicted octanol–water partition coefficient (Wildman–Crippen LogP) is 2.26. The van der Waals surface area contributed by atoms with Gasteiger partial charge in [-0.1, -0.05) is 19.7 Å². The van der Waals surface area contributed by atoms with Gasteiger partial charge in [-0.15, -0.1) is 13.2 Å². The van der Waals surface area contributed by atoms with Gasteiger partial charge in [0.2, 0.25) is 0 Å². The molecule has 1 atom stereocenters. The Kier molecular flexibility index (Phi) is 19.1. The van der Waals surface area contributed by atoms with Crippen molar-refractivity contribution in [3.63, 3.8) is 0 Å². The third-order valence-corrected chi connectivity index (χ3v) is 1.58. The number of esters is 2. The molecule has 0 bridgehead atoms. The Labute approximate surface area is 136 Å². The summed E-state index contributed by atoms with van der Waals surface area (Å²) in [6.07, 6.45) is 2.07. The minimum absolute atomic E-state index is 0.142. The Hall–Kier alpha value is -2.67. The summed E-state index contributed by atoms with van der Waals surface area (Å²) in [6.45, 7) is 19.6. The molecule has 1 fully saturated rings. The van der Waals surface area contributed by atoms with Gasteiger partial charge in [-0.3, -0.25) is 4.79 Å². The zero-order valence-electron chi connectivity index (χ0n) is 13.6. The lowest BCUT2D eigenvalue weighted by Crippen LogP contribution is -2.09. The van der Waals surface area contributed by atoms with E-state index in [1.165, 1.54) is 6.92 Å². The molecule has 0 aliphatic carbocycles. The van der Waals surface area contributed by atoms with Crippen molar-refractivity contribution in [1.82, 2.24) is 0 Å². The Morgan fingerprint density at radius 3 is 1.87 bits per heavy atom. The average Bonchev–Trinajstić information content (AvgIpc) is 3.32. The van der Waals surface area contributed by atoms with Crippen LogP contribution in [0.3, 0.4) is 0 Å². The molecule has 1 heterocycles. The summed E-state index contributed by atoms with van der Waals surface area (Å²) >= 11 is 0. The summed E-state index contributed by atoms with van der Waals surface area (Å²) in [5.41, 5.74) is 0.431. The molecule has 1 saturated heterocycles. The first-order valence-electron chi connectivity index (χ1n) is 6.32. The van der Waals surface area contributed by atoms with Crippen molar-refractivity contribution in [3.8, 4) is 0 Å². The smallest absolute Gasteiger partial charge is 0.333 e. The van der Waals surface area contributed by atoms with Gasteiger partial charge in [0.05, 0.1) is 12.9 Å². The minimum atomic E-state index is -0.981. The first-order chi connectivity index (χ1) is 10.7. The van der Waals surface area contributed by atoms with Gasteiger partial charge in [-0.2, -0.15) is 0 Å². The molecule has 1 N–H and O–H groups in total. The number of carboxylic acid groups (broad SMARTS) is 1. The molecule has 0 aromatic carbocycles. The quantitative estimate of drug-likeness (QED) is 0.271. The van der Waals surface area contributed by atoms with Gasteiger partial charge in [-0.25, -0.2) is 9.59 Å². The van der Waals surface area contributed by atoms with Crippen LogP contribution in [-0.4, -0.2) is 42.3 Å². The molecule has 0 amide bonds. The van der Waals surface area contributed by atoms with E-state index in [0.717, 1.165) is 12.3 Å². The number of carbonyl (C=O) groups excluding carboxylic acids is 2. The number of aliphatic carboxylic acids is 1. The third kappa shape index (κ3) is 28.3. The van der Waals surface area contributed by atoms with Gasteiger partial charge < -0.3 is 19.3 Å². The van der Waals surface area contributed by atoms with Crippen LogP contribution in [0, 0.1) is 0 Å². The molecular formula is C16H24O7. The van der Waals surface area contributed by atoms with Gasteiger partial charge in [0.15, 0.2) is 0 Å². The minimum Gasteiger partial charge on any atom is -0.478 e. The zero-order valence-corrected chi connectivity index (χ0v) is 13.6. The van der Waals surface area contributed by atoms with Crippen molar-refractivity contribution in [1.29, 1.82) is 0 Å². The second-order valence-electron chi connectivity index (χ2n) is 3.65. The van der Waals surface area contributed by atoms with Crippen molar-refractivity contribution in [2.24, 2.45) is 0 Å². The van der Waals surface area contributed by atoms with E-state index >= 15 is 0 Å². The van der Waals surface area contributed by atoms with Crippen LogP contribution in [0.25, 0.3) is 0 Å². The maximum atomic E-state index is 10.7. The monoisotopic (exact) mass is 328 g/mol. The molecule has 1 aliphatic rings. The van der Waals surface area contributed by atoms with Crippen molar-refractivity contribution in [2.75, 3.05) is 13.2 Å². The fourth-order valence-electron chi connectivity index (χ4n) is 0.573. The topological polar surface area (TPSA) is 102 Å². The molecule has 7 nitrogen and oxygen atoms in total. The van der Waals surface area contributed by atoms with Crippen molar-refractivity contribution in [3.05, 3.63) is 50.8 Å².